The molecule has 10 heavy (non-hydrogen) atoms. The second-order valence-electron chi connectivity index (χ2n) is 3.23. The summed E-state index contributed by atoms with van der Waals surface area (Å²) >= 11 is 0. The Kier molecular flexibility index (Phi) is 1.26. The largest absolute Gasteiger partial charge is 0.0622 e. The van der Waals surface area contributed by atoms with Crippen LogP contribution in [0.5, 0.6) is 0 Å². The maximum atomic E-state index is 2.32. The summed E-state index contributed by atoms with van der Waals surface area (Å²) in [6.45, 7) is 2.32. The lowest BCUT2D eigenvalue weighted by Crippen LogP contribution is -1.77. The molecule has 0 aliphatic heterocycles. The van der Waals surface area contributed by atoms with Gasteiger partial charge < -0.3 is 0 Å². The fourth-order valence-corrected chi connectivity index (χ4v) is 1.49. The van der Waals surface area contributed by atoms with Crippen LogP contribution >= 0.6 is 0 Å². The smallest absolute Gasteiger partial charge is 0.0133 e. The van der Waals surface area contributed by atoms with Crippen molar-refractivity contribution in [3.63, 3.8) is 0 Å². The Labute approximate surface area is 61.9 Å². The Hall–Kier alpha value is -0.780. The van der Waals surface area contributed by atoms with Crippen LogP contribution in [0.15, 0.2) is 30.3 Å². The van der Waals surface area contributed by atoms with Crippen molar-refractivity contribution in [1.29, 1.82) is 0 Å². The average molecular weight is 132 g/mol. The number of hydrogen-bond donors (Lipinski definition) is 0. The second kappa shape index (κ2) is 2.12. The van der Waals surface area contributed by atoms with Crippen molar-refractivity contribution in [2.45, 2.75) is 19.3 Å². The zero-order chi connectivity index (χ0) is 6.97. The minimum Gasteiger partial charge on any atom is -0.0622 e. The van der Waals surface area contributed by atoms with Crippen LogP contribution in [0.25, 0.3) is 0 Å². The maximum Gasteiger partial charge on any atom is -0.0133 e. The molecule has 0 bridgehead atoms. The molecule has 0 unspecified atom stereocenters. The summed E-state index contributed by atoms with van der Waals surface area (Å²) in [7, 11) is 0. The quantitative estimate of drug-likeness (QED) is 0.551. The van der Waals surface area contributed by atoms with Gasteiger partial charge in [-0.1, -0.05) is 37.3 Å². The average Bonchev–Trinajstić information content (AvgIpc) is 2.69. The van der Waals surface area contributed by atoms with Gasteiger partial charge in [-0.3, -0.25) is 0 Å². The summed E-state index contributed by atoms with van der Waals surface area (Å²) in [6, 6.07) is 10.8. The van der Waals surface area contributed by atoms with Gasteiger partial charge in [0.15, 0.2) is 0 Å². The highest BCUT2D eigenvalue weighted by Gasteiger charge is 2.33. The van der Waals surface area contributed by atoms with Crippen molar-refractivity contribution in [2.24, 2.45) is 5.92 Å². The zero-order valence-corrected chi connectivity index (χ0v) is 6.25. The molecule has 2 atom stereocenters. The van der Waals surface area contributed by atoms with Gasteiger partial charge in [0.2, 0.25) is 0 Å². The summed E-state index contributed by atoms with van der Waals surface area (Å²) in [5.41, 5.74) is 1.52. The van der Waals surface area contributed by atoms with E-state index in [9.17, 15) is 0 Å². The molecule has 0 saturated heterocycles. The predicted molar refractivity (Wildman–Crippen MR) is 43.0 cm³/mol. The third-order valence-electron chi connectivity index (χ3n) is 2.34. The fraction of sp³-hybridized carbons (Fsp3) is 0.400. The molecule has 1 aliphatic rings. The Morgan fingerprint density at radius 2 is 1.80 bits per heavy atom. The minimum absolute atomic E-state index is 0.876. The Morgan fingerprint density at radius 3 is 2.30 bits per heavy atom. The standard InChI is InChI=1S/C10H12/c1-8-7-10(8)9-5-3-2-4-6-9/h2-6,8,10H,7H2,1H3/t8-,10-/m1/s1. The van der Waals surface area contributed by atoms with Crippen LogP contribution in [0.4, 0.5) is 0 Å². The molecule has 1 aliphatic carbocycles. The van der Waals surface area contributed by atoms with Crippen LogP contribution in [0.1, 0.15) is 24.8 Å². The molecule has 1 aromatic rings. The van der Waals surface area contributed by atoms with Crippen molar-refractivity contribution in [2.75, 3.05) is 0 Å². The molecule has 0 heteroatoms. The Bertz CT molecular complexity index is 213. The first kappa shape index (κ1) is 5.96. The predicted octanol–water partition coefficient (Wildman–Crippen LogP) is 2.81. The normalized spacial score (nSPS) is 30.1. The Balaban J connectivity index is 2.20. The van der Waals surface area contributed by atoms with E-state index < -0.39 is 0 Å². The van der Waals surface area contributed by atoms with E-state index in [0.717, 1.165) is 11.8 Å². The van der Waals surface area contributed by atoms with Gasteiger partial charge in [-0.05, 0) is 23.8 Å². The van der Waals surface area contributed by atoms with Gasteiger partial charge in [-0.15, -0.1) is 0 Å². The number of benzene rings is 1. The van der Waals surface area contributed by atoms with Gasteiger partial charge in [0.25, 0.3) is 0 Å². The lowest BCUT2D eigenvalue weighted by molar-refractivity contribution is 0.915. The van der Waals surface area contributed by atoms with E-state index in [-0.39, 0.29) is 0 Å². The monoisotopic (exact) mass is 132 g/mol. The van der Waals surface area contributed by atoms with E-state index in [1.54, 1.807) is 0 Å². The van der Waals surface area contributed by atoms with E-state index in [1.165, 1.54) is 12.0 Å². The third kappa shape index (κ3) is 0.942. The van der Waals surface area contributed by atoms with E-state index in [2.05, 4.69) is 37.3 Å². The molecule has 0 nitrogen and oxygen atoms in total. The molecule has 0 spiro atoms. The van der Waals surface area contributed by atoms with Crippen LogP contribution in [0.2, 0.25) is 0 Å². The SMILES string of the molecule is C[C@@H]1C[C@H]1c1ccccc1. The topological polar surface area (TPSA) is 0 Å². The van der Waals surface area contributed by atoms with Gasteiger partial charge in [-0.2, -0.15) is 0 Å². The molecule has 52 valence electrons. The summed E-state index contributed by atoms with van der Waals surface area (Å²) in [4.78, 5) is 0. The molecule has 1 fully saturated rings. The third-order valence-corrected chi connectivity index (χ3v) is 2.34. The van der Waals surface area contributed by atoms with Crippen molar-refractivity contribution >= 4 is 0 Å². The van der Waals surface area contributed by atoms with Gasteiger partial charge in [0.1, 0.15) is 0 Å². The highest BCUT2D eigenvalue weighted by molar-refractivity contribution is 5.24. The van der Waals surface area contributed by atoms with Crippen LogP contribution in [0.3, 0.4) is 0 Å². The first-order valence-corrected chi connectivity index (χ1v) is 3.93. The van der Waals surface area contributed by atoms with E-state index >= 15 is 0 Å². The molecule has 1 aromatic carbocycles. The molecule has 0 radical (unpaired) electrons. The van der Waals surface area contributed by atoms with Gasteiger partial charge in [0, 0.05) is 0 Å². The molecule has 1 saturated carbocycles. The molecule has 0 heterocycles. The number of hydrogen-bond acceptors (Lipinski definition) is 0. The van der Waals surface area contributed by atoms with Crippen molar-refractivity contribution in [3.8, 4) is 0 Å². The van der Waals surface area contributed by atoms with E-state index in [4.69, 9.17) is 0 Å². The summed E-state index contributed by atoms with van der Waals surface area (Å²) < 4.78 is 0. The fourth-order valence-electron chi connectivity index (χ4n) is 1.49. The Morgan fingerprint density at radius 1 is 1.20 bits per heavy atom. The molecule has 2 rings (SSSR count). The van der Waals surface area contributed by atoms with Crippen LogP contribution in [-0.2, 0) is 0 Å². The lowest BCUT2D eigenvalue weighted by Gasteiger charge is -1.94. The maximum absolute atomic E-state index is 2.32. The molecular weight excluding hydrogens is 120 g/mol. The van der Waals surface area contributed by atoms with Gasteiger partial charge in [0.05, 0.1) is 0 Å². The van der Waals surface area contributed by atoms with Crippen molar-refractivity contribution in [3.05, 3.63) is 35.9 Å². The van der Waals surface area contributed by atoms with E-state index in [1.807, 2.05) is 0 Å². The van der Waals surface area contributed by atoms with Crippen LogP contribution in [0, 0.1) is 5.92 Å². The molecule has 0 amide bonds. The van der Waals surface area contributed by atoms with Crippen LogP contribution < -0.4 is 0 Å². The minimum atomic E-state index is 0.876. The first-order chi connectivity index (χ1) is 4.88. The van der Waals surface area contributed by atoms with Crippen molar-refractivity contribution in [1.82, 2.24) is 0 Å². The molecular formula is C10H12. The summed E-state index contributed by atoms with van der Waals surface area (Å²) in [5, 5.41) is 0. The van der Waals surface area contributed by atoms with E-state index in [0.29, 0.717) is 0 Å². The van der Waals surface area contributed by atoms with Gasteiger partial charge >= 0.3 is 0 Å². The zero-order valence-electron chi connectivity index (χ0n) is 6.25. The van der Waals surface area contributed by atoms with Crippen LogP contribution in [-0.4, -0.2) is 0 Å². The highest BCUT2D eigenvalue weighted by Crippen LogP contribution is 2.46. The molecule has 0 aromatic heterocycles. The van der Waals surface area contributed by atoms with Crippen molar-refractivity contribution < 1.29 is 0 Å². The first-order valence-electron chi connectivity index (χ1n) is 3.93. The second-order valence-corrected chi connectivity index (χ2v) is 3.23. The molecule has 0 N–H and O–H groups in total. The lowest BCUT2D eigenvalue weighted by atomic mass is 10.1. The summed E-state index contributed by atoms with van der Waals surface area (Å²) in [5.74, 6) is 1.81. The highest BCUT2D eigenvalue weighted by atomic mass is 14.4. The van der Waals surface area contributed by atoms with Gasteiger partial charge in [-0.25, -0.2) is 0 Å². The summed E-state index contributed by atoms with van der Waals surface area (Å²) in [6.07, 6.45) is 1.39. The number of rotatable bonds is 1.